The van der Waals surface area contributed by atoms with E-state index in [1.54, 1.807) is 18.3 Å². The molecule has 1 atom stereocenters. The maximum atomic E-state index is 13.8. The molecule has 2 nitrogen and oxygen atoms in total. The first kappa shape index (κ1) is 13.8. The highest BCUT2D eigenvalue weighted by Crippen LogP contribution is 2.30. The van der Waals surface area contributed by atoms with Crippen molar-refractivity contribution in [3.8, 4) is 0 Å². The van der Waals surface area contributed by atoms with Crippen molar-refractivity contribution in [2.75, 3.05) is 5.32 Å². The second-order valence-corrected chi connectivity index (χ2v) is 4.78. The summed E-state index contributed by atoms with van der Waals surface area (Å²) in [6.07, 6.45) is 2.42. The van der Waals surface area contributed by atoms with Crippen molar-refractivity contribution in [2.45, 2.75) is 26.3 Å². The normalized spacial score (nSPS) is 12.2. The zero-order valence-electron chi connectivity index (χ0n) is 11.0. The van der Waals surface area contributed by atoms with Gasteiger partial charge in [0.15, 0.2) is 5.15 Å². The molecule has 0 bridgehead atoms. The molecule has 1 heterocycles. The van der Waals surface area contributed by atoms with Gasteiger partial charge in [-0.2, -0.15) is 0 Å². The summed E-state index contributed by atoms with van der Waals surface area (Å²) in [4.78, 5) is 4.05. The van der Waals surface area contributed by atoms with E-state index in [1.165, 1.54) is 6.07 Å². The smallest absolute Gasteiger partial charge is 0.152 e. The summed E-state index contributed by atoms with van der Waals surface area (Å²) in [6.45, 7) is 3.95. The second-order valence-electron chi connectivity index (χ2n) is 4.42. The number of rotatable bonds is 4. The van der Waals surface area contributed by atoms with Crippen molar-refractivity contribution in [2.24, 2.45) is 0 Å². The number of aromatic nitrogens is 1. The quantitative estimate of drug-likeness (QED) is 0.817. The Kier molecular flexibility index (Phi) is 4.38. The third-order valence-electron chi connectivity index (χ3n) is 3.12. The van der Waals surface area contributed by atoms with E-state index in [-0.39, 0.29) is 11.9 Å². The van der Waals surface area contributed by atoms with E-state index in [0.717, 1.165) is 17.7 Å². The Morgan fingerprint density at radius 2 is 2.05 bits per heavy atom. The Morgan fingerprint density at radius 1 is 1.32 bits per heavy atom. The van der Waals surface area contributed by atoms with Crippen LogP contribution in [0.25, 0.3) is 0 Å². The molecule has 2 aromatic rings. The zero-order chi connectivity index (χ0) is 13.8. The summed E-state index contributed by atoms with van der Waals surface area (Å²) in [5, 5.41) is 3.70. The lowest BCUT2D eigenvalue weighted by Gasteiger charge is -2.21. The van der Waals surface area contributed by atoms with Crippen molar-refractivity contribution in [1.82, 2.24) is 4.98 Å². The van der Waals surface area contributed by atoms with E-state index in [0.29, 0.717) is 10.7 Å². The van der Waals surface area contributed by atoms with Gasteiger partial charge in [-0.25, -0.2) is 9.37 Å². The van der Waals surface area contributed by atoms with Crippen molar-refractivity contribution < 1.29 is 4.39 Å². The van der Waals surface area contributed by atoms with Crippen molar-refractivity contribution in [3.05, 3.63) is 58.6 Å². The van der Waals surface area contributed by atoms with E-state index in [9.17, 15) is 4.39 Å². The van der Waals surface area contributed by atoms with Crippen LogP contribution in [-0.2, 0) is 0 Å². The first-order valence-electron chi connectivity index (χ1n) is 6.25. The lowest BCUT2D eigenvalue weighted by atomic mass is 10.0. The topological polar surface area (TPSA) is 24.9 Å². The molecule has 100 valence electrons. The van der Waals surface area contributed by atoms with Gasteiger partial charge in [-0.15, -0.1) is 0 Å². The van der Waals surface area contributed by atoms with Crippen LogP contribution in [-0.4, -0.2) is 4.98 Å². The summed E-state index contributed by atoms with van der Waals surface area (Å²) >= 11 is 6.09. The van der Waals surface area contributed by atoms with E-state index in [4.69, 9.17) is 11.6 Å². The van der Waals surface area contributed by atoms with Crippen LogP contribution in [0, 0.1) is 12.7 Å². The zero-order valence-corrected chi connectivity index (χ0v) is 11.7. The molecule has 0 radical (unpaired) electrons. The minimum atomic E-state index is -0.209. The molecule has 0 amide bonds. The maximum absolute atomic E-state index is 13.8. The first-order chi connectivity index (χ1) is 9.13. The van der Waals surface area contributed by atoms with Crippen molar-refractivity contribution >= 4 is 17.3 Å². The lowest BCUT2D eigenvalue weighted by molar-refractivity contribution is 0.587. The van der Waals surface area contributed by atoms with Crippen LogP contribution in [0.5, 0.6) is 0 Å². The molecule has 0 fully saturated rings. The highest BCUT2D eigenvalue weighted by Gasteiger charge is 2.16. The van der Waals surface area contributed by atoms with Gasteiger partial charge in [-0.05, 0) is 31.0 Å². The number of nitrogens with one attached hydrogen (secondary N) is 1. The third-order valence-corrected chi connectivity index (χ3v) is 3.41. The number of benzene rings is 1. The number of hydrogen-bond donors (Lipinski definition) is 1. The summed E-state index contributed by atoms with van der Waals surface area (Å²) in [5.74, 6) is -0.209. The molecule has 0 spiro atoms. The highest BCUT2D eigenvalue weighted by atomic mass is 35.5. The number of halogens is 2. The fraction of sp³-hybridized carbons (Fsp3) is 0.267. The summed E-state index contributed by atoms with van der Waals surface area (Å²) in [6, 6.07) is 8.53. The van der Waals surface area contributed by atoms with Crippen LogP contribution in [0.1, 0.15) is 30.5 Å². The minimum absolute atomic E-state index is 0.124. The van der Waals surface area contributed by atoms with Crippen LogP contribution in [0.15, 0.2) is 36.5 Å². The van der Waals surface area contributed by atoms with Gasteiger partial charge >= 0.3 is 0 Å². The van der Waals surface area contributed by atoms with Crippen LogP contribution in [0.2, 0.25) is 5.15 Å². The Labute approximate surface area is 117 Å². The summed E-state index contributed by atoms with van der Waals surface area (Å²) in [5.41, 5.74) is 2.40. The molecule has 0 aliphatic rings. The molecule has 0 saturated carbocycles. The molecule has 19 heavy (non-hydrogen) atoms. The van der Waals surface area contributed by atoms with E-state index >= 15 is 0 Å². The van der Waals surface area contributed by atoms with Crippen LogP contribution in [0.3, 0.4) is 0 Å². The van der Waals surface area contributed by atoms with Crippen LogP contribution < -0.4 is 5.32 Å². The standard InChI is InChI=1S/C15H16ClFN2/c1-3-13(11-6-4-5-7-12(11)17)19-14-10(2)8-9-18-15(14)16/h4-9,13,19H,3H2,1-2H3. The average Bonchev–Trinajstić information content (AvgIpc) is 2.40. The van der Waals surface area contributed by atoms with E-state index in [1.807, 2.05) is 26.0 Å². The molecule has 1 unspecified atom stereocenters. The maximum Gasteiger partial charge on any atom is 0.152 e. The van der Waals surface area contributed by atoms with Gasteiger partial charge in [0.25, 0.3) is 0 Å². The Morgan fingerprint density at radius 3 is 2.68 bits per heavy atom. The number of nitrogens with zero attached hydrogens (tertiary/aromatic N) is 1. The Balaban J connectivity index is 2.32. The monoisotopic (exact) mass is 278 g/mol. The molecule has 0 aliphatic heterocycles. The van der Waals surface area contributed by atoms with Crippen molar-refractivity contribution in [1.29, 1.82) is 0 Å². The van der Waals surface area contributed by atoms with Gasteiger partial charge in [-0.3, -0.25) is 0 Å². The van der Waals surface area contributed by atoms with Crippen LogP contribution >= 0.6 is 11.6 Å². The molecular formula is C15H16ClFN2. The second kappa shape index (κ2) is 6.02. The number of pyridine rings is 1. The summed E-state index contributed by atoms with van der Waals surface area (Å²) < 4.78 is 13.8. The van der Waals surface area contributed by atoms with Gasteiger partial charge in [0, 0.05) is 11.8 Å². The van der Waals surface area contributed by atoms with E-state index in [2.05, 4.69) is 10.3 Å². The molecule has 2 rings (SSSR count). The lowest BCUT2D eigenvalue weighted by Crippen LogP contribution is -2.13. The van der Waals surface area contributed by atoms with Gasteiger partial charge in [0.2, 0.25) is 0 Å². The van der Waals surface area contributed by atoms with Gasteiger partial charge in [-0.1, -0.05) is 36.7 Å². The molecule has 1 aromatic heterocycles. The number of hydrogen-bond acceptors (Lipinski definition) is 2. The minimum Gasteiger partial charge on any atom is -0.375 e. The van der Waals surface area contributed by atoms with Gasteiger partial charge < -0.3 is 5.32 Å². The van der Waals surface area contributed by atoms with Gasteiger partial charge in [0.1, 0.15) is 5.82 Å². The molecule has 1 N–H and O–H groups in total. The Hall–Kier alpha value is -1.61. The predicted molar refractivity (Wildman–Crippen MR) is 77.0 cm³/mol. The van der Waals surface area contributed by atoms with Gasteiger partial charge in [0.05, 0.1) is 11.7 Å². The van der Waals surface area contributed by atoms with E-state index < -0.39 is 0 Å². The molecular weight excluding hydrogens is 263 g/mol. The summed E-state index contributed by atoms with van der Waals surface area (Å²) in [7, 11) is 0. The molecule has 0 saturated heterocycles. The fourth-order valence-corrected chi connectivity index (χ4v) is 2.29. The molecule has 1 aromatic carbocycles. The van der Waals surface area contributed by atoms with Crippen LogP contribution in [0.4, 0.5) is 10.1 Å². The first-order valence-corrected chi connectivity index (χ1v) is 6.63. The molecule has 4 heteroatoms. The molecule has 0 aliphatic carbocycles. The SMILES string of the molecule is CCC(Nc1c(C)ccnc1Cl)c1ccccc1F. The number of aryl methyl sites for hydroxylation is 1. The van der Waals surface area contributed by atoms with Crippen molar-refractivity contribution in [3.63, 3.8) is 0 Å². The fourth-order valence-electron chi connectivity index (χ4n) is 2.03. The Bertz CT molecular complexity index is 552. The number of anilines is 1. The third kappa shape index (κ3) is 3.04. The average molecular weight is 279 g/mol. The highest BCUT2D eigenvalue weighted by molar-refractivity contribution is 6.32. The largest absolute Gasteiger partial charge is 0.375 e. The predicted octanol–water partition coefficient (Wildman–Crippen LogP) is 4.75.